The predicted octanol–water partition coefficient (Wildman–Crippen LogP) is 3.11. The molecule has 0 aliphatic rings. The molecule has 4 nitrogen and oxygen atoms in total. The second kappa shape index (κ2) is 8.08. The SMILES string of the molecule is CCC(=O)c1ccc(OCC(=O)NCc2ccccc2F)cc1. The zero-order valence-electron chi connectivity index (χ0n) is 12.8. The summed E-state index contributed by atoms with van der Waals surface area (Å²) in [6.07, 6.45) is 0.443. The standard InChI is InChI=1S/C18H18FNO3/c1-2-17(21)13-7-9-15(10-8-13)23-12-18(22)20-11-14-5-3-4-6-16(14)19/h3-10H,2,11-12H2,1H3,(H,20,22). The molecule has 0 heterocycles. The van der Waals surface area contributed by atoms with Crippen LogP contribution in [-0.2, 0) is 11.3 Å². The third kappa shape index (κ3) is 4.92. The van der Waals surface area contributed by atoms with Crippen LogP contribution in [0.4, 0.5) is 4.39 Å². The summed E-state index contributed by atoms with van der Waals surface area (Å²) in [5.74, 6) is -0.148. The minimum atomic E-state index is -0.357. The van der Waals surface area contributed by atoms with E-state index >= 15 is 0 Å². The van der Waals surface area contributed by atoms with Crippen molar-refractivity contribution in [3.05, 3.63) is 65.5 Å². The molecule has 23 heavy (non-hydrogen) atoms. The summed E-state index contributed by atoms with van der Waals surface area (Å²) in [4.78, 5) is 23.2. The van der Waals surface area contributed by atoms with Gasteiger partial charge in [-0.15, -0.1) is 0 Å². The van der Waals surface area contributed by atoms with Gasteiger partial charge >= 0.3 is 0 Å². The van der Waals surface area contributed by atoms with E-state index in [4.69, 9.17) is 4.74 Å². The van der Waals surface area contributed by atoms with Gasteiger partial charge in [-0.3, -0.25) is 9.59 Å². The normalized spacial score (nSPS) is 10.2. The third-order valence-electron chi connectivity index (χ3n) is 3.30. The van der Waals surface area contributed by atoms with Gasteiger partial charge in [-0.2, -0.15) is 0 Å². The first-order valence-corrected chi connectivity index (χ1v) is 7.36. The molecule has 2 aromatic rings. The maximum absolute atomic E-state index is 13.4. The molecular weight excluding hydrogens is 297 g/mol. The van der Waals surface area contributed by atoms with Gasteiger partial charge in [0.05, 0.1) is 0 Å². The van der Waals surface area contributed by atoms with Gasteiger partial charge in [0.15, 0.2) is 12.4 Å². The van der Waals surface area contributed by atoms with Crippen molar-refractivity contribution in [2.24, 2.45) is 0 Å². The minimum Gasteiger partial charge on any atom is -0.484 e. The van der Waals surface area contributed by atoms with Crippen LogP contribution in [0.5, 0.6) is 5.75 Å². The topological polar surface area (TPSA) is 55.4 Å². The highest BCUT2D eigenvalue weighted by atomic mass is 19.1. The maximum atomic E-state index is 13.4. The molecule has 0 bridgehead atoms. The lowest BCUT2D eigenvalue weighted by Gasteiger charge is -2.08. The number of carbonyl (C=O) groups is 2. The molecule has 0 unspecified atom stereocenters. The maximum Gasteiger partial charge on any atom is 0.258 e. The number of Topliss-reactive ketones (excluding diaryl/α,β-unsaturated/α-hetero) is 1. The molecule has 0 aromatic heterocycles. The average molecular weight is 315 g/mol. The van der Waals surface area contributed by atoms with Gasteiger partial charge in [0.1, 0.15) is 11.6 Å². The molecular formula is C18H18FNO3. The summed E-state index contributed by atoms with van der Waals surface area (Å²) >= 11 is 0. The Morgan fingerprint density at radius 1 is 1.09 bits per heavy atom. The van der Waals surface area contributed by atoms with Gasteiger partial charge in [0, 0.05) is 24.1 Å². The van der Waals surface area contributed by atoms with Gasteiger partial charge in [-0.05, 0) is 30.3 Å². The molecule has 0 spiro atoms. The van der Waals surface area contributed by atoms with E-state index in [-0.39, 0.29) is 30.7 Å². The van der Waals surface area contributed by atoms with Gasteiger partial charge in [-0.1, -0.05) is 25.1 Å². The molecule has 0 fully saturated rings. The van der Waals surface area contributed by atoms with Crippen LogP contribution >= 0.6 is 0 Å². The first kappa shape index (κ1) is 16.7. The molecule has 0 aliphatic heterocycles. The molecule has 0 saturated carbocycles. The molecule has 120 valence electrons. The van der Waals surface area contributed by atoms with Crippen LogP contribution in [0.1, 0.15) is 29.3 Å². The Morgan fingerprint density at radius 2 is 1.78 bits per heavy atom. The predicted molar refractivity (Wildman–Crippen MR) is 84.8 cm³/mol. The fourth-order valence-corrected chi connectivity index (χ4v) is 1.98. The second-order valence-corrected chi connectivity index (χ2v) is 4.96. The van der Waals surface area contributed by atoms with E-state index in [0.29, 0.717) is 23.3 Å². The number of benzene rings is 2. The van der Waals surface area contributed by atoms with E-state index in [1.165, 1.54) is 6.07 Å². The van der Waals surface area contributed by atoms with Gasteiger partial charge < -0.3 is 10.1 Å². The molecule has 0 atom stereocenters. The number of halogens is 1. The van der Waals surface area contributed by atoms with Gasteiger partial charge in [-0.25, -0.2) is 4.39 Å². The van der Waals surface area contributed by atoms with E-state index in [0.717, 1.165) is 0 Å². The van der Waals surface area contributed by atoms with Crippen molar-refractivity contribution in [2.75, 3.05) is 6.61 Å². The zero-order chi connectivity index (χ0) is 16.7. The summed E-state index contributed by atoms with van der Waals surface area (Å²) in [6, 6.07) is 12.9. The lowest BCUT2D eigenvalue weighted by atomic mass is 10.1. The van der Waals surface area contributed by atoms with Crippen LogP contribution in [0.25, 0.3) is 0 Å². The Morgan fingerprint density at radius 3 is 2.43 bits per heavy atom. The number of carbonyl (C=O) groups excluding carboxylic acids is 2. The molecule has 5 heteroatoms. The number of ether oxygens (including phenoxy) is 1. The van der Waals surface area contributed by atoms with Crippen molar-refractivity contribution in [2.45, 2.75) is 19.9 Å². The highest BCUT2D eigenvalue weighted by Gasteiger charge is 2.06. The van der Waals surface area contributed by atoms with Crippen LogP contribution in [0.3, 0.4) is 0 Å². The van der Waals surface area contributed by atoms with Crippen molar-refractivity contribution in [3.63, 3.8) is 0 Å². The van der Waals surface area contributed by atoms with E-state index in [1.807, 2.05) is 0 Å². The summed E-state index contributed by atoms with van der Waals surface area (Å²) in [6.45, 7) is 1.74. The highest BCUT2D eigenvalue weighted by molar-refractivity contribution is 5.95. The Labute approximate surface area is 134 Å². The minimum absolute atomic E-state index is 0.0548. The molecule has 0 aliphatic carbocycles. The van der Waals surface area contributed by atoms with Crippen molar-refractivity contribution >= 4 is 11.7 Å². The average Bonchev–Trinajstić information content (AvgIpc) is 2.59. The van der Waals surface area contributed by atoms with Crippen LogP contribution in [0.2, 0.25) is 0 Å². The number of hydrogen-bond acceptors (Lipinski definition) is 3. The highest BCUT2D eigenvalue weighted by Crippen LogP contribution is 2.13. The number of amides is 1. The largest absolute Gasteiger partial charge is 0.484 e. The first-order chi connectivity index (χ1) is 11.1. The Hall–Kier alpha value is -2.69. The number of rotatable bonds is 7. The number of ketones is 1. The van der Waals surface area contributed by atoms with Gasteiger partial charge in [0.2, 0.25) is 0 Å². The summed E-state index contributed by atoms with van der Waals surface area (Å²) in [5.41, 5.74) is 1.03. The molecule has 2 rings (SSSR count). The quantitative estimate of drug-likeness (QED) is 0.799. The summed E-state index contributed by atoms with van der Waals surface area (Å²) in [7, 11) is 0. The van der Waals surface area contributed by atoms with Crippen molar-refractivity contribution in [1.29, 1.82) is 0 Å². The monoisotopic (exact) mass is 315 g/mol. The summed E-state index contributed by atoms with van der Waals surface area (Å²) < 4.78 is 18.8. The third-order valence-corrected chi connectivity index (χ3v) is 3.30. The Kier molecular flexibility index (Phi) is 5.86. The molecule has 1 N–H and O–H groups in total. The molecule has 1 amide bonds. The Balaban J connectivity index is 1.80. The van der Waals surface area contributed by atoms with E-state index in [9.17, 15) is 14.0 Å². The smallest absolute Gasteiger partial charge is 0.258 e. The van der Waals surface area contributed by atoms with Gasteiger partial charge in [0.25, 0.3) is 5.91 Å². The molecule has 2 aromatic carbocycles. The van der Waals surface area contributed by atoms with E-state index in [1.54, 1.807) is 49.4 Å². The second-order valence-electron chi connectivity index (χ2n) is 4.96. The zero-order valence-corrected chi connectivity index (χ0v) is 12.8. The van der Waals surface area contributed by atoms with Crippen LogP contribution in [-0.4, -0.2) is 18.3 Å². The fourth-order valence-electron chi connectivity index (χ4n) is 1.98. The lowest BCUT2D eigenvalue weighted by molar-refractivity contribution is -0.123. The van der Waals surface area contributed by atoms with Crippen LogP contribution in [0, 0.1) is 5.82 Å². The van der Waals surface area contributed by atoms with Crippen molar-refractivity contribution in [1.82, 2.24) is 5.32 Å². The summed E-state index contributed by atoms with van der Waals surface area (Å²) in [5, 5.41) is 2.59. The van der Waals surface area contributed by atoms with Crippen LogP contribution < -0.4 is 10.1 Å². The van der Waals surface area contributed by atoms with E-state index < -0.39 is 0 Å². The fraction of sp³-hybridized carbons (Fsp3) is 0.222. The number of nitrogens with one attached hydrogen (secondary N) is 1. The van der Waals surface area contributed by atoms with Crippen LogP contribution in [0.15, 0.2) is 48.5 Å². The Bertz CT molecular complexity index is 683. The lowest BCUT2D eigenvalue weighted by Crippen LogP contribution is -2.28. The van der Waals surface area contributed by atoms with Crippen molar-refractivity contribution < 1.29 is 18.7 Å². The van der Waals surface area contributed by atoms with E-state index in [2.05, 4.69) is 5.32 Å². The number of hydrogen-bond donors (Lipinski definition) is 1. The molecule has 0 saturated heterocycles. The first-order valence-electron chi connectivity index (χ1n) is 7.36. The molecule has 0 radical (unpaired) electrons. The van der Waals surface area contributed by atoms with Crippen molar-refractivity contribution in [3.8, 4) is 5.75 Å².